The molecule has 0 aliphatic carbocycles. The van der Waals surface area contributed by atoms with Crippen molar-refractivity contribution in [1.82, 2.24) is 10.2 Å². The summed E-state index contributed by atoms with van der Waals surface area (Å²) in [4.78, 5) is 0. The third-order valence-electron chi connectivity index (χ3n) is 2.28. The van der Waals surface area contributed by atoms with Gasteiger partial charge >= 0.3 is 0 Å². The zero-order valence-electron chi connectivity index (χ0n) is 8.32. The van der Waals surface area contributed by atoms with Crippen molar-refractivity contribution in [3.63, 3.8) is 0 Å². The van der Waals surface area contributed by atoms with Crippen LogP contribution in [-0.2, 0) is 0 Å². The average Bonchev–Trinajstić information content (AvgIpc) is 2.63. The normalized spacial score (nSPS) is 22.2. The summed E-state index contributed by atoms with van der Waals surface area (Å²) in [6.07, 6.45) is 4.11. The molecule has 1 unspecified atom stereocenters. The van der Waals surface area contributed by atoms with Gasteiger partial charge in [0.05, 0.1) is 0 Å². The van der Waals surface area contributed by atoms with E-state index >= 15 is 0 Å². The number of hydrogen-bond acceptors (Lipinski definition) is 5. The molecule has 5 heteroatoms. The fourth-order valence-corrected chi connectivity index (χ4v) is 3.37. The Bertz CT molecular complexity index is 281. The van der Waals surface area contributed by atoms with Crippen LogP contribution in [0.25, 0.3) is 0 Å². The lowest BCUT2D eigenvalue weighted by Crippen LogP contribution is -2.19. The van der Waals surface area contributed by atoms with Gasteiger partial charge in [-0.2, -0.15) is 11.8 Å². The van der Waals surface area contributed by atoms with Crippen LogP contribution in [0.3, 0.4) is 0 Å². The van der Waals surface area contributed by atoms with Gasteiger partial charge in [-0.15, -0.1) is 10.2 Å². The largest absolute Gasteiger partial charge is 0.359 e. The summed E-state index contributed by atoms with van der Waals surface area (Å²) in [6.45, 7) is 3.03. The van der Waals surface area contributed by atoms with Crippen molar-refractivity contribution in [2.75, 3.05) is 17.6 Å². The van der Waals surface area contributed by atoms with Crippen molar-refractivity contribution in [3.05, 3.63) is 5.01 Å². The minimum Gasteiger partial charge on any atom is -0.359 e. The topological polar surface area (TPSA) is 37.8 Å². The van der Waals surface area contributed by atoms with E-state index in [1.54, 1.807) is 11.3 Å². The fourth-order valence-electron chi connectivity index (χ4n) is 1.54. The molecule has 0 radical (unpaired) electrons. The van der Waals surface area contributed by atoms with Crippen LogP contribution in [0, 0.1) is 6.92 Å². The number of thioether (sulfide) groups is 1. The highest BCUT2D eigenvalue weighted by molar-refractivity contribution is 7.99. The second-order valence-electron chi connectivity index (χ2n) is 3.50. The van der Waals surface area contributed by atoms with Crippen LogP contribution < -0.4 is 5.32 Å². The maximum atomic E-state index is 4.05. The lowest BCUT2D eigenvalue weighted by molar-refractivity contribution is 0.677. The molecule has 0 amide bonds. The predicted molar refractivity (Wildman–Crippen MR) is 63.2 cm³/mol. The Morgan fingerprint density at radius 2 is 2.36 bits per heavy atom. The number of aromatic nitrogens is 2. The van der Waals surface area contributed by atoms with Crippen LogP contribution in [0.5, 0.6) is 0 Å². The smallest absolute Gasteiger partial charge is 0.205 e. The minimum atomic E-state index is 0.771. The lowest BCUT2D eigenvalue weighted by atomic mass is 10.2. The first-order chi connectivity index (χ1) is 6.84. The Morgan fingerprint density at radius 3 is 3.00 bits per heavy atom. The average molecular weight is 229 g/mol. The van der Waals surface area contributed by atoms with Crippen molar-refractivity contribution in [1.29, 1.82) is 0 Å². The van der Waals surface area contributed by atoms with Crippen molar-refractivity contribution in [2.24, 2.45) is 0 Å². The zero-order valence-corrected chi connectivity index (χ0v) is 9.96. The molecule has 0 aromatic carbocycles. The lowest BCUT2D eigenvalue weighted by Gasteiger charge is -2.20. The van der Waals surface area contributed by atoms with Crippen molar-refractivity contribution >= 4 is 28.2 Å². The molecule has 1 aromatic heterocycles. The highest BCUT2D eigenvalue weighted by atomic mass is 32.2. The van der Waals surface area contributed by atoms with Crippen molar-refractivity contribution in [2.45, 2.75) is 31.4 Å². The molecule has 1 aliphatic heterocycles. The molecule has 1 aromatic rings. The summed E-state index contributed by atoms with van der Waals surface area (Å²) < 4.78 is 0. The molecule has 1 atom stereocenters. The van der Waals surface area contributed by atoms with Crippen LogP contribution in [0.1, 0.15) is 24.3 Å². The molecule has 78 valence electrons. The number of anilines is 1. The Labute approximate surface area is 92.7 Å². The monoisotopic (exact) mass is 229 g/mol. The van der Waals surface area contributed by atoms with Gasteiger partial charge in [0.2, 0.25) is 5.13 Å². The van der Waals surface area contributed by atoms with Crippen LogP contribution in [0.4, 0.5) is 5.13 Å². The molecular formula is C9H15N3S2. The first-order valence-electron chi connectivity index (χ1n) is 5.00. The highest BCUT2D eigenvalue weighted by Gasteiger charge is 2.13. The highest BCUT2D eigenvalue weighted by Crippen LogP contribution is 2.25. The minimum absolute atomic E-state index is 0.771. The summed E-state index contributed by atoms with van der Waals surface area (Å²) in [5.74, 6) is 1.32. The molecule has 0 spiro atoms. The van der Waals surface area contributed by atoms with Gasteiger partial charge in [-0.3, -0.25) is 0 Å². The van der Waals surface area contributed by atoms with E-state index in [1.165, 1.54) is 25.0 Å². The van der Waals surface area contributed by atoms with Gasteiger partial charge in [-0.25, -0.2) is 0 Å². The SMILES string of the molecule is Cc1nnc(NCC2CCCCS2)s1. The summed E-state index contributed by atoms with van der Waals surface area (Å²) in [6, 6.07) is 0. The third kappa shape index (κ3) is 2.85. The van der Waals surface area contributed by atoms with Crippen molar-refractivity contribution < 1.29 is 0 Å². The summed E-state index contributed by atoms with van der Waals surface area (Å²) in [5, 5.41) is 14.2. The van der Waals surface area contributed by atoms with E-state index < -0.39 is 0 Å². The first kappa shape index (κ1) is 10.2. The van der Waals surface area contributed by atoms with Gasteiger partial charge in [0.15, 0.2) is 0 Å². The molecule has 1 saturated heterocycles. The van der Waals surface area contributed by atoms with E-state index in [1.807, 2.05) is 6.92 Å². The molecule has 14 heavy (non-hydrogen) atoms. The zero-order chi connectivity index (χ0) is 9.80. The van der Waals surface area contributed by atoms with E-state index in [2.05, 4.69) is 27.3 Å². The maximum absolute atomic E-state index is 4.05. The summed E-state index contributed by atoms with van der Waals surface area (Å²) >= 11 is 3.72. The molecule has 3 nitrogen and oxygen atoms in total. The molecule has 0 saturated carbocycles. The number of aryl methyl sites for hydroxylation is 1. The summed E-state index contributed by atoms with van der Waals surface area (Å²) in [5.41, 5.74) is 0. The number of rotatable bonds is 3. The molecular weight excluding hydrogens is 214 g/mol. The van der Waals surface area contributed by atoms with E-state index in [0.717, 1.165) is 21.9 Å². The Morgan fingerprint density at radius 1 is 1.43 bits per heavy atom. The third-order valence-corrected chi connectivity index (χ3v) is 4.48. The number of nitrogens with one attached hydrogen (secondary N) is 1. The van der Waals surface area contributed by atoms with Crippen LogP contribution in [-0.4, -0.2) is 27.7 Å². The standard InChI is InChI=1S/C9H15N3S2/c1-7-11-12-9(14-7)10-6-8-4-2-3-5-13-8/h8H,2-6H2,1H3,(H,10,12). The van der Waals surface area contributed by atoms with Crippen molar-refractivity contribution in [3.8, 4) is 0 Å². The van der Waals surface area contributed by atoms with Gasteiger partial charge in [0, 0.05) is 11.8 Å². The molecule has 1 aliphatic rings. The fraction of sp³-hybridized carbons (Fsp3) is 0.778. The molecule has 1 N–H and O–H groups in total. The quantitative estimate of drug-likeness (QED) is 0.864. The first-order valence-corrected chi connectivity index (χ1v) is 6.87. The molecule has 2 heterocycles. The number of hydrogen-bond donors (Lipinski definition) is 1. The van der Waals surface area contributed by atoms with Gasteiger partial charge in [-0.1, -0.05) is 17.8 Å². The van der Waals surface area contributed by atoms with Gasteiger partial charge < -0.3 is 5.32 Å². The van der Waals surface area contributed by atoms with Crippen LogP contribution in [0.2, 0.25) is 0 Å². The predicted octanol–water partition coefficient (Wildman–Crippen LogP) is 2.54. The van der Waals surface area contributed by atoms with Gasteiger partial charge in [0.1, 0.15) is 5.01 Å². The Kier molecular flexibility index (Phi) is 3.64. The Balaban J connectivity index is 1.76. The Hall–Kier alpha value is -0.290. The van der Waals surface area contributed by atoms with E-state index in [0.29, 0.717) is 0 Å². The van der Waals surface area contributed by atoms with Crippen LogP contribution >= 0.6 is 23.1 Å². The second kappa shape index (κ2) is 4.98. The molecule has 1 fully saturated rings. The second-order valence-corrected chi connectivity index (χ2v) is 6.09. The van der Waals surface area contributed by atoms with Crippen LogP contribution in [0.15, 0.2) is 0 Å². The maximum Gasteiger partial charge on any atom is 0.205 e. The van der Waals surface area contributed by atoms with Gasteiger partial charge in [0.25, 0.3) is 0 Å². The van der Waals surface area contributed by atoms with E-state index in [-0.39, 0.29) is 0 Å². The van der Waals surface area contributed by atoms with E-state index in [9.17, 15) is 0 Å². The summed E-state index contributed by atoms with van der Waals surface area (Å²) in [7, 11) is 0. The molecule has 0 bridgehead atoms. The molecule has 2 rings (SSSR count). The van der Waals surface area contributed by atoms with E-state index in [4.69, 9.17) is 0 Å². The van der Waals surface area contributed by atoms with Gasteiger partial charge in [-0.05, 0) is 25.5 Å². The number of nitrogens with zero attached hydrogens (tertiary/aromatic N) is 2.